The van der Waals surface area contributed by atoms with Crippen LogP contribution in [-0.4, -0.2) is 18.2 Å². The second-order valence-corrected chi connectivity index (χ2v) is 5.31. The Morgan fingerprint density at radius 2 is 1.96 bits per heavy atom. The summed E-state index contributed by atoms with van der Waals surface area (Å²) in [5.74, 6) is -1.12. The molecule has 0 bridgehead atoms. The molecule has 0 saturated heterocycles. The Kier molecular flexibility index (Phi) is 4.95. The molecule has 0 saturated carbocycles. The standard InChI is InChI=1S/C17H15FN2O3/c1-10(2)19-17(22)12-5-3-4-11(6-12)13-7-14(9-21)16(20-23)15(18)8-13/h3-10H,1-2H3,(H,19,22). The molecule has 23 heavy (non-hydrogen) atoms. The average molecular weight is 314 g/mol. The summed E-state index contributed by atoms with van der Waals surface area (Å²) in [6, 6.07) is 9.05. The van der Waals surface area contributed by atoms with Crippen molar-refractivity contribution in [3.05, 3.63) is 58.2 Å². The average Bonchev–Trinajstić information content (AvgIpc) is 2.53. The van der Waals surface area contributed by atoms with Crippen LogP contribution in [0.2, 0.25) is 0 Å². The van der Waals surface area contributed by atoms with E-state index in [1.54, 1.807) is 24.3 Å². The molecule has 1 N–H and O–H groups in total. The Balaban J connectivity index is 2.47. The van der Waals surface area contributed by atoms with Crippen molar-refractivity contribution in [3.63, 3.8) is 0 Å². The summed E-state index contributed by atoms with van der Waals surface area (Å²) < 4.78 is 13.9. The lowest BCUT2D eigenvalue weighted by Gasteiger charge is -2.10. The van der Waals surface area contributed by atoms with Gasteiger partial charge in [-0.3, -0.25) is 9.59 Å². The molecule has 2 aromatic carbocycles. The highest BCUT2D eigenvalue weighted by atomic mass is 19.1. The van der Waals surface area contributed by atoms with Crippen LogP contribution in [0.4, 0.5) is 10.1 Å². The van der Waals surface area contributed by atoms with Crippen molar-refractivity contribution in [3.8, 4) is 11.1 Å². The fourth-order valence-corrected chi connectivity index (χ4v) is 2.16. The Bertz CT molecular complexity index is 772. The van der Waals surface area contributed by atoms with Gasteiger partial charge in [0, 0.05) is 17.2 Å². The van der Waals surface area contributed by atoms with Crippen molar-refractivity contribution in [2.75, 3.05) is 0 Å². The summed E-state index contributed by atoms with van der Waals surface area (Å²) >= 11 is 0. The van der Waals surface area contributed by atoms with Gasteiger partial charge in [0.2, 0.25) is 0 Å². The first-order valence-corrected chi connectivity index (χ1v) is 6.99. The summed E-state index contributed by atoms with van der Waals surface area (Å²) in [6.07, 6.45) is 0.374. The molecule has 0 aliphatic rings. The molecule has 6 heteroatoms. The fourth-order valence-electron chi connectivity index (χ4n) is 2.16. The topological polar surface area (TPSA) is 75.6 Å². The van der Waals surface area contributed by atoms with Crippen LogP contribution in [0.5, 0.6) is 0 Å². The van der Waals surface area contributed by atoms with E-state index in [1.165, 1.54) is 6.07 Å². The van der Waals surface area contributed by atoms with Gasteiger partial charge in [0.1, 0.15) is 0 Å². The zero-order valence-electron chi connectivity index (χ0n) is 12.7. The predicted molar refractivity (Wildman–Crippen MR) is 85.3 cm³/mol. The van der Waals surface area contributed by atoms with E-state index in [0.717, 1.165) is 6.07 Å². The van der Waals surface area contributed by atoms with E-state index >= 15 is 0 Å². The molecule has 118 valence electrons. The van der Waals surface area contributed by atoms with E-state index in [9.17, 15) is 18.9 Å². The lowest BCUT2D eigenvalue weighted by molar-refractivity contribution is 0.0943. The normalized spacial score (nSPS) is 10.4. The maximum Gasteiger partial charge on any atom is 0.251 e. The minimum Gasteiger partial charge on any atom is -0.350 e. The van der Waals surface area contributed by atoms with Gasteiger partial charge in [-0.05, 0) is 54.4 Å². The molecule has 5 nitrogen and oxygen atoms in total. The van der Waals surface area contributed by atoms with E-state index in [1.807, 2.05) is 13.8 Å². The van der Waals surface area contributed by atoms with Crippen molar-refractivity contribution in [1.82, 2.24) is 5.32 Å². The number of hydrogen-bond donors (Lipinski definition) is 1. The molecule has 0 aliphatic heterocycles. The minimum absolute atomic E-state index is 0.0109. The number of nitrogens with zero attached hydrogens (tertiary/aromatic N) is 1. The third kappa shape index (κ3) is 3.66. The lowest BCUT2D eigenvalue weighted by Crippen LogP contribution is -2.30. The summed E-state index contributed by atoms with van der Waals surface area (Å²) in [4.78, 5) is 33.6. The van der Waals surface area contributed by atoms with Crippen LogP contribution in [0.3, 0.4) is 0 Å². The number of rotatable bonds is 5. The van der Waals surface area contributed by atoms with Crippen molar-refractivity contribution < 1.29 is 14.0 Å². The van der Waals surface area contributed by atoms with Gasteiger partial charge in [-0.2, -0.15) is 0 Å². The van der Waals surface area contributed by atoms with E-state index < -0.39 is 11.5 Å². The van der Waals surface area contributed by atoms with Gasteiger partial charge in [-0.25, -0.2) is 4.39 Å². The first-order valence-electron chi connectivity index (χ1n) is 6.99. The molecule has 0 aromatic heterocycles. The van der Waals surface area contributed by atoms with Crippen LogP contribution in [0.1, 0.15) is 34.6 Å². The fraction of sp³-hybridized carbons (Fsp3) is 0.176. The van der Waals surface area contributed by atoms with Crippen molar-refractivity contribution in [1.29, 1.82) is 0 Å². The van der Waals surface area contributed by atoms with Crippen LogP contribution >= 0.6 is 0 Å². The Labute approximate surface area is 132 Å². The molecule has 0 fully saturated rings. The molecule has 2 aromatic rings. The quantitative estimate of drug-likeness (QED) is 0.673. The number of carbonyl (C=O) groups is 2. The first-order chi connectivity index (χ1) is 11.0. The second kappa shape index (κ2) is 6.91. The number of halogens is 1. The van der Waals surface area contributed by atoms with Crippen LogP contribution in [-0.2, 0) is 0 Å². The predicted octanol–water partition coefficient (Wildman–Crippen LogP) is 3.84. The monoisotopic (exact) mass is 314 g/mol. The summed E-state index contributed by atoms with van der Waals surface area (Å²) in [6.45, 7) is 3.69. The molecular formula is C17H15FN2O3. The zero-order chi connectivity index (χ0) is 17.0. The van der Waals surface area contributed by atoms with Crippen LogP contribution < -0.4 is 5.32 Å². The summed E-state index contributed by atoms with van der Waals surface area (Å²) in [5.41, 5.74) is 0.711. The third-order valence-corrected chi connectivity index (χ3v) is 3.19. The second-order valence-electron chi connectivity index (χ2n) is 5.31. The van der Waals surface area contributed by atoms with Crippen LogP contribution in [0, 0.1) is 10.7 Å². The molecule has 0 radical (unpaired) electrons. The molecule has 0 spiro atoms. The van der Waals surface area contributed by atoms with Crippen LogP contribution in [0.15, 0.2) is 41.6 Å². The van der Waals surface area contributed by atoms with Gasteiger partial charge in [0.15, 0.2) is 17.8 Å². The maximum atomic E-state index is 13.9. The van der Waals surface area contributed by atoms with Crippen molar-refractivity contribution >= 4 is 17.9 Å². The Hall–Kier alpha value is -2.89. The van der Waals surface area contributed by atoms with Crippen molar-refractivity contribution in [2.45, 2.75) is 19.9 Å². The molecule has 0 atom stereocenters. The highest BCUT2D eigenvalue weighted by Crippen LogP contribution is 2.29. The highest BCUT2D eigenvalue weighted by Gasteiger charge is 2.14. The Morgan fingerprint density at radius 3 is 2.57 bits per heavy atom. The molecule has 1 amide bonds. The van der Waals surface area contributed by atoms with Gasteiger partial charge in [-0.1, -0.05) is 12.1 Å². The number of benzene rings is 2. The molecule has 0 unspecified atom stereocenters. The van der Waals surface area contributed by atoms with Gasteiger partial charge >= 0.3 is 0 Å². The maximum absolute atomic E-state index is 13.9. The number of aldehydes is 1. The smallest absolute Gasteiger partial charge is 0.251 e. The number of amides is 1. The summed E-state index contributed by atoms with van der Waals surface area (Å²) in [5, 5.41) is 5.30. The molecule has 0 aliphatic carbocycles. The molecule has 2 rings (SSSR count). The third-order valence-electron chi connectivity index (χ3n) is 3.19. The largest absolute Gasteiger partial charge is 0.350 e. The SMILES string of the molecule is CC(C)NC(=O)c1cccc(-c2cc(F)c(N=O)c(C=O)c2)c1. The Morgan fingerprint density at radius 1 is 1.22 bits per heavy atom. The number of nitroso groups, excluding NO2 is 1. The number of nitrogens with one attached hydrogen (secondary N) is 1. The minimum atomic E-state index is -0.878. The number of hydrogen-bond acceptors (Lipinski definition) is 4. The van der Waals surface area contributed by atoms with E-state index in [2.05, 4.69) is 10.5 Å². The van der Waals surface area contributed by atoms with Gasteiger partial charge in [-0.15, -0.1) is 4.91 Å². The molecule has 0 heterocycles. The highest BCUT2D eigenvalue weighted by molar-refractivity contribution is 5.96. The van der Waals surface area contributed by atoms with E-state index in [4.69, 9.17) is 0 Å². The van der Waals surface area contributed by atoms with Gasteiger partial charge in [0.05, 0.1) is 0 Å². The van der Waals surface area contributed by atoms with E-state index in [-0.39, 0.29) is 17.5 Å². The first kappa shape index (κ1) is 16.5. The number of carbonyl (C=O) groups excluding carboxylic acids is 2. The van der Waals surface area contributed by atoms with Gasteiger partial charge in [0.25, 0.3) is 5.91 Å². The van der Waals surface area contributed by atoms with Crippen LogP contribution in [0.25, 0.3) is 11.1 Å². The van der Waals surface area contributed by atoms with Crippen molar-refractivity contribution in [2.24, 2.45) is 5.18 Å². The summed E-state index contributed by atoms with van der Waals surface area (Å²) in [7, 11) is 0. The van der Waals surface area contributed by atoms with Gasteiger partial charge < -0.3 is 5.32 Å². The molecular weight excluding hydrogens is 299 g/mol. The van der Waals surface area contributed by atoms with E-state index in [0.29, 0.717) is 23.0 Å². The zero-order valence-corrected chi connectivity index (χ0v) is 12.7. The lowest BCUT2D eigenvalue weighted by atomic mass is 10.00.